The molecule has 24 heavy (non-hydrogen) atoms. The second-order valence-corrected chi connectivity index (χ2v) is 7.44. The minimum Gasteiger partial charge on any atom is -0.444 e. The zero-order valence-electron chi connectivity index (χ0n) is 14.7. The van der Waals surface area contributed by atoms with Gasteiger partial charge in [0.15, 0.2) is 0 Å². The zero-order valence-corrected chi connectivity index (χ0v) is 14.7. The molecule has 0 radical (unpaired) electrons. The molecule has 2 N–H and O–H groups in total. The first-order chi connectivity index (χ1) is 11.1. The van der Waals surface area contributed by atoms with E-state index in [-0.39, 0.29) is 6.61 Å². The predicted molar refractivity (Wildman–Crippen MR) is 87.9 cm³/mol. The first-order valence-corrected chi connectivity index (χ1v) is 8.18. The van der Waals surface area contributed by atoms with Gasteiger partial charge in [-0.3, -0.25) is 0 Å². The van der Waals surface area contributed by atoms with Crippen LogP contribution in [-0.2, 0) is 16.9 Å². The van der Waals surface area contributed by atoms with Gasteiger partial charge in [-0.25, -0.2) is 9.18 Å². The molecular weight excluding hydrogens is 313 g/mol. The molecule has 1 aliphatic heterocycles. The summed E-state index contributed by atoms with van der Waals surface area (Å²) in [5, 5.41) is 20.6. The Morgan fingerprint density at radius 3 is 2.62 bits per heavy atom. The van der Waals surface area contributed by atoms with E-state index in [2.05, 4.69) is 0 Å². The fourth-order valence-electron chi connectivity index (χ4n) is 3.26. The van der Waals surface area contributed by atoms with Crippen LogP contribution in [0.25, 0.3) is 0 Å². The Morgan fingerprint density at radius 1 is 1.38 bits per heavy atom. The third-order valence-corrected chi connectivity index (χ3v) is 4.31. The van der Waals surface area contributed by atoms with Gasteiger partial charge in [-0.2, -0.15) is 0 Å². The van der Waals surface area contributed by atoms with E-state index >= 15 is 0 Å². The lowest BCUT2D eigenvalue weighted by Gasteiger charge is -2.38. The van der Waals surface area contributed by atoms with Crippen molar-refractivity contribution in [2.75, 3.05) is 6.54 Å². The molecule has 6 heteroatoms. The number of hydrogen-bond acceptors (Lipinski definition) is 4. The average Bonchev–Trinajstić information content (AvgIpc) is 2.95. The Bertz CT molecular complexity index is 610. The number of likely N-dealkylation sites (tertiary alicyclic amines) is 1. The molecule has 1 aromatic rings. The third-order valence-electron chi connectivity index (χ3n) is 4.31. The number of benzene rings is 1. The maximum absolute atomic E-state index is 13.4. The van der Waals surface area contributed by atoms with Crippen molar-refractivity contribution in [3.8, 4) is 0 Å². The van der Waals surface area contributed by atoms with Gasteiger partial charge in [-0.05, 0) is 63.8 Å². The van der Waals surface area contributed by atoms with Crippen LogP contribution in [0, 0.1) is 5.82 Å². The van der Waals surface area contributed by atoms with Gasteiger partial charge >= 0.3 is 6.09 Å². The van der Waals surface area contributed by atoms with Gasteiger partial charge in [-0.15, -0.1) is 0 Å². The van der Waals surface area contributed by atoms with Crippen LogP contribution in [0.1, 0.15) is 51.7 Å². The highest BCUT2D eigenvalue weighted by atomic mass is 19.1. The van der Waals surface area contributed by atoms with E-state index < -0.39 is 29.2 Å². The molecule has 0 bridgehead atoms. The summed E-state index contributed by atoms with van der Waals surface area (Å²) in [5.41, 5.74) is -1.30. The zero-order chi connectivity index (χ0) is 18.1. The smallest absolute Gasteiger partial charge is 0.410 e. The molecule has 0 unspecified atom stereocenters. The van der Waals surface area contributed by atoms with Crippen LogP contribution in [0.3, 0.4) is 0 Å². The number of carbonyl (C=O) groups is 1. The first-order valence-electron chi connectivity index (χ1n) is 8.18. The van der Waals surface area contributed by atoms with Gasteiger partial charge < -0.3 is 19.8 Å². The molecule has 2 atom stereocenters. The van der Waals surface area contributed by atoms with Gasteiger partial charge in [0.2, 0.25) is 0 Å². The number of aliphatic hydroxyl groups excluding tert-OH is 1. The second-order valence-electron chi connectivity index (χ2n) is 7.44. The van der Waals surface area contributed by atoms with Crippen LogP contribution < -0.4 is 0 Å². The maximum Gasteiger partial charge on any atom is 0.410 e. The molecule has 0 aromatic heterocycles. The Kier molecular flexibility index (Phi) is 5.20. The number of amides is 1. The number of aliphatic hydroxyl groups is 2. The summed E-state index contributed by atoms with van der Waals surface area (Å²) in [4.78, 5) is 14.0. The Balaban J connectivity index is 2.32. The highest BCUT2D eigenvalue weighted by Crippen LogP contribution is 2.37. The van der Waals surface area contributed by atoms with Crippen LogP contribution >= 0.6 is 0 Å². The number of rotatable bonds is 3. The van der Waals surface area contributed by atoms with E-state index in [1.807, 2.05) is 0 Å². The first kappa shape index (κ1) is 18.7. The van der Waals surface area contributed by atoms with Crippen molar-refractivity contribution in [3.05, 3.63) is 35.1 Å². The molecule has 1 aromatic carbocycles. The number of halogens is 1. The van der Waals surface area contributed by atoms with Crippen molar-refractivity contribution >= 4 is 6.09 Å². The third kappa shape index (κ3) is 3.87. The quantitative estimate of drug-likeness (QED) is 0.888. The van der Waals surface area contributed by atoms with Crippen LogP contribution in [0.4, 0.5) is 9.18 Å². The summed E-state index contributed by atoms with van der Waals surface area (Å²) >= 11 is 0. The maximum atomic E-state index is 13.4. The molecule has 1 aliphatic rings. The normalized spacial score (nSPS) is 20.8. The Morgan fingerprint density at radius 2 is 2.04 bits per heavy atom. The summed E-state index contributed by atoms with van der Waals surface area (Å²) in [7, 11) is 0. The minimum absolute atomic E-state index is 0.316. The van der Waals surface area contributed by atoms with Crippen LogP contribution in [0.5, 0.6) is 0 Å². The Hall–Kier alpha value is -1.66. The van der Waals surface area contributed by atoms with E-state index in [4.69, 9.17) is 4.74 Å². The van der Waals surface area contributed by atoms with Crippen molar-refractivity contribution in [1.29, 1.82) is 0 Å². The van der Waals surface area contributed by atoms with Crippen molar-refractivity contribution in [2.45, 2.75) is 64.4 Å². The largest absolute Gasteiger partial charge is 0.444 e. The summed E-state index contributed by atoms with van der Waals surface area (Å²) in [6, 6.07) is 3.42. The van der Waals surface area contributed by atoms with Crippen LogP contribution in [0.15, 0.2) is 18.2 Å². The topological polar surface area (TPSA) is 70.0 Å². The molecule has 134 valence electrons. The molecule has 1 saturated heterocycles. The number of carbonyl (C=O) groups excluding carboxylic acids is 1. The number of hydrogen-bond donors (Lipinski definition) is 2. The lowest BCUT2D eigenvalue weighted by atomic mass is 9.84. The minimum atomic E-state index is -1.42. The summed E-state index contributed by atoms with van der Waals surface area (Å²) in [6.45, 7) is 7.06. The molecule has 0 spiro atoms. The van der Waals surface area contributed by atoms with Crippen LogP contribution in [0.2, 0.25) is 0 Å². The summed E-state index contributed by atoms with van der Waals surface area (Å²) < 4.78 is 18.8. The molecular formula is C18H26FNO4. The lowest BCUT2D eigenvalue weighted by molar-refractivity contribution is -0.0379. The van der Waals surface area contributed by atoms with E-state index in [0.717, 1.165) is 6.42 Å². The lowest BCUT2D eigenvalue weighted by Crippen LogP contribution is -2.49. The standard InChI is InChI=1S/C18H26FNO4/c1-17(2,3)24-16(22)20-9-5-6-15(20)18(4,23)14-8-7-13(19)10-12(14)11-21/h7-8,10,15,21,23H,5-6,9,11H2,1-4H3/t15-,18-/m1/s1. The van der Waals surface area contributed by atoms with Crippen molar-refractivity contribution in [2.24, 2.45) is 0 Å². The van der Waals surface area contributed by atoms with Crippen LogP contribution in [-0.4, -0.2) is 39.4 Å². The average molecular weight is 339 g/mol. The van der Waals surface area contributed by atoms with E-state index in [1.54, 1.807) is 27.7 Å². The number of ether oxygens (including phenoxy) is 1. The fourth-order valence-corrected chi connectivity index (χ4v) is 3.26. The molecule has 1 amide bonds. The van der Waals surface area contributed by atoms with Gasteiger partial charge in [0, 0.05) is 6.54 Å². The van der Waals surface area contributed by atoms with Gasteiger partial charge in [0.25, 0.3) is 0 Å². The Labute approximate surface area is 142 Å². The van der Waals surface area contributed by atoms with Crippen molar-refractivity contribution in [3.63, 3.8) is 0 Å². The summed E-state index contributed by atoms with van der Waals surface area (Å²) in [6.07, 6.45) is 0.877. The molecule has 0 aliphatic carbocycles. The molecule has 2 rings (SSSR count). The van der Waals surface area contributed by atoms with Gasteiger partial charge in [0.1, 0.15) is 17.0 Å². The van der Waals surface area contributed by atoms with Gasteiger partial charge in [-0.1, -0.05) is 6.07 Å². The molecule has 0 saturated carbocycles. The van der Waals surface area contributed by atoms with Crippen molar-refractivity contribution in [1.82, 2.24) is 4.90 Å². The van der Waals surface area contributed by atoms with E-state index in [1.165, 1.54) is 23.1 Å². The highest BCUT2D eigenvalue weighted by Gasteiger charge is 2.44. The van der Waals surface area contributed by atoms with E-state index in [9.17, 15) is 19.4 Å². The highest BCUT2D eigenvalue weighted by molar-refractivity contribution is 5.69. The fraction of sp³-hybridized carbons (Fsp3) is 0.611. The van der Waals surface area contributed by atoms with E-state index in [0.29, 0.717) is 24.1 Å². The second kappa shape index (κ2) is 6.69. The SMILES string of the molecule is CC(C)(C)OC(=O)N1CCC[C@@H]1[C@](C)(O)c1ccc(F)cc1CO. The van der Waals surface area contributed by atoms with Crippen molar-refractivity contribution < 1.29 is 24.1 Å². The predicted octanol–water partition coefficient (Wildman–Crippen LogP) is 2.93. The monoisotopic (exact) mass is 339 g/mol. The molecule has 1 heterocycles. The summed E-state index contributed by atoms with van der Waals surface area (Å²) in [5.74, 6) is -0.478. The number of nitrogens with zero attached hydrogens (tertiary/aromatic N) is 1. The molecule has 5 nitrogen and oxygen atoms in total. The van der Waals surface area contributed by atoms with Gasteiger partial charge in [0.05, 0.1) is 12.6 Å². The molecule has 1 fully saturated rings.